The lowest BCUT2D eigenvalue weighted by molar-refractivity contribution is -0.143. The largest absolute Gasteiger partial charge is 0.480 e. The minimum atomic E-state index is -1.59. The van der Waals surface area contributed by atoms with Gasteiger partial charge in [0.05, 0.1) is 25.5 Å². The third-order valence-electron chi connectivity index (χ3n) is 4.39. The Morgan fingerprint density at radius 2 is 1.35 bits per heavy atom. The Hall–Kier alpha value is -3.26. The average molecular weight is 446 g/mol. The first-order valence-electron chi connectivity index (χ1n) is 9.40. The van der Waals surface area contributed by atoms with Crippen LogP contribution in [0.25, 0.3) is 0 Å². The number of carboxylic acids is 1. The van der Waals surface area contributed by atoms with Crippen LogP contribution in [0.5, 0.6) is 0 Å². The van der Waals surface area contributed by atoms with Gasteiger partial charge in [0, 0.05) is 0 Å². The molecule has 0 fully saturated rings. The summed E-state index contributed by atoms with van der Waals surface area (Å²) in [7, 11) is 0. The minimum Gasteiger partial charge on any atom is -0.480 e. The van der Waals surface area contributed by atoms with Crippen LogP contribution in [0.1, 0.15) is 33.1 Å². The van der Waals surface area contributed by atoms with E-state index in [2.05, 4.69) is 16.0 Å². The zero-order valence-electron chi connectivity index (χ0n) is 17.3. The number of carbonyl (C=O) groups excluding carboxylic acids is 5. The molecule has 0 aromatic heterocycles. The molecule has 5 amide bonds. The lowest BCUT2D eigenvalue weighted by atomic mass is 9.97. The van der Waals surface area contributed by atoms with Crippen LogP contribution in [-0.4, -0.2) is 76.5 Å². The van der Waals surface area contributed by atoms with Gasteiger partial charge in [-0.25, -0.2) is 4.79 Å². The third kappa shape index (κ3) is 9.86. The van der Waals surface area contributed by atoms with Crippen molar-refractivity contribution in [3.63, 3.8) is 0 Å². The molecule has 0 rings (SSSR count). The van der Waals surface area contributed by atoms with Crippen molar-refractivity contribution in [2.75, 3.05) is 6.61 Å². The molecule has 11 N–H and O–H groups in total. The van der Waals surface area contributed by atoms with Crippen molar-refractivity contribution in [2.24, 2.45) is 23.1 Å². The van der Waals surface area contributed by atoms with Gasteiger partial charge in [0.2, 0.25) is 29.5 Å². The van der Waals surface area contributed by atoms with E-state index >= 15 is 0 Å². The van der Waals surface area contributed by atoms with Gasteiger partial charge >= 0.3 is 5.97 Å². The van der Waals surface area contributed by atoms with Gasteiger partial charge in [-0.3, -0.25) is 24.0 Å². The molecule has 0 aliphatic rings. The third-order valence-corrected chi connectivity index (χ3v) is 4.39. The number of carbonyl (C=O) groups is 6. The Labute approximate surface area is 178 Å². The van der Waals surface area contributed by atoms with E-state index in [0.29, 0.717) is 6.42 Å². The molecule has 0 radical (unpaired) electrons. The first kappa shape index (κ1) is 27.7. The van der Waals surface area contributed by atoms with Gasteiger partial charge in [0.1, 0.15) is 18.1 Å². The molecular formula is C17H30N6O8. The van der Waals surface area contributed by atoms with Gasteiger partial charge in [-0.2, -0.15) is 0 Å². The number of nitrogens with two attached hydrogens (primary N) is 3. The first-order chi connectivity index (χ1) is 14.3. The number of primary amides is 2. The number of aliphatic hydroxyl groups excluding tert-OH is 1. The van der Waals surface area contributed by atoms with Crippen molar-refractivity contribution in [1.82, 2.24) is 16.0 Å². The number of rotatable bonds is 14. The molecule has 0 spiro atoms. The number of aliphatic carboxylic acids is 1. The van der Waals surface area contributed by atoms with Crippen LogP contribution in [-0.2, 0) is 28.8 Å². The van der Waals surface area contributed by atoms with Crippen molar-refractivity contribution >= 4 is 35.5 Å². The maximum Gasteiger partial charge on any atom is 0.328 e. The molecule has 5 unspecified atom stereocenters. The molecule has 31 heavy (non-hydrogen) atoms. The molecular weight excluding hydrogens is 416 g/mol. The molecule has 14 nitrogen and oxygen atoms in total. The number of amides is 5. The molecule has 5 atom stereocenters. The van der Waals surface area contributed by atoms with Crippen LogP contribution >= 0.6 is 0 Å². The fourth-order valence-corrected chi connectivity index (χ4v) is 2.40. The highest BCUT2D eigenvalue weighted by Crippen LogP contribution is 2.09. The lowest BCUT2D eigenvalue weighted by Crippen LogP contribution is -2.59. The summed E-state index contributed by atoms with van der Waals surface area (Å²) >= 11 is 0. The van der Waals surface area contributed by atoms with Gasteiger partial charge in [0.15, 0.2) is 0 Å². The van der Waals surface area contributed by atoms with Crippen LogP contribution in [0.2, 0.25) is 0 Å². The fraction of sp³-hybridized carbons (Fsp3) is 0.647. The Kier molecular flexibility index (Phi) is 11.7. The number of carboxylic acid groups (broad SMARTS) is 1. The summed E-state index contributed by atoms with van der Waals surface area (Å²) in [4.78, 5) is 70.5. The summed E-state index contributed by atoms with van der Waals surface area (Å²) in [6.07, 6.45) is -0.748. The van der Waals surface area contributed by atoms with Gasteiger partial charge in [0.25, 0.3) is 0 Å². The molecule has 0 aliphatic heterocycles. The Bertz CT molecular complexity index is 700. The van der Waals surface area contributed by atoms with Gasteiger partial charge in [-0.15, -0.1) is 0 Å². The molecule has 0 bridgehead atoms. The number of hydrogen-bond acceptors (Lipinski definition) is 8. The predicted molar refractivity (Wildman–Crippen MR) is 106 cm³/mol. The minimum absolute atomic E-state index is 0.394. The van der Waals surface area contributed by atoms with Crippen molar-refractivity contribution in [1.29, 1.82) is 0 Å². The highest BCUT2D eigenvalue weighted by atomic mass is 16.4. The zero-order chi connectivity index (χ0) is 24.3. The van der Waals surface area contributed by atoms with E-state index in [1.54, 1.807) is 13.8 Å². The van der Waals surface area contributed by atoms with Gasteiger partial charge in [-0.1, -0.05) is 20.3 Å². The quantitative estimate of drug-likeness (QED) is 0.128. The van der Waals surface area contributed by atoms with Crippen molar-refractivity contribution < 1.29 is 39.0 Å². The normalized spacial score (nSPS) is 15.5. The topological polar surface area (TPSA) is 257 Å². The average Bonchev–Trinajstić information content (AvgIpc) is 2.67. The van der Waals surface area contributed by atoms with Crippen molar-refractivity contribution in [3.05, 3.63) is 0 Å². The molecule has 14 heteroatoms. The standard InChI is InChI=1S/C17H30N6O8/c1-3-7(2)13(16(29)22-10(6-24)17(30)31)23-15(28)9(5-12(20)26)21-14(27)8(18)4-11(19)25/h7-10,13,24H,3-6,18H2,1-2H3,(H2,19,25)(H2,20,26)(H,21,27)(H,22,29)(H,23,28)(H,30,31). The Balaban J connectivity index is 5.51. The van der Waals surface area contributed by atoms with Crippen molar-refractivity contribution in [3.8, 4) is 0 Å². The molecule has 0 saturated carbocycles. The predicted octanol–water partition coefficient (Wildman–Crippen LogP) is -4.36. The summed E-state index contributed by atoms with van der Waals surface area (Å²) in [6.45, 7) is 2.44. The number of aliphatic hydroxyl groups is 1. The van der Waals surface area contributed by atoms with Crippen LogP contribution in [0.15, 0.2) is 0 Å². The van der Waals surface area contributed by atoms with E-state index in [1.165, 1.54) is 0 Å². The van der Waals surface area contributed by atoms with Gasteiger partial charge in [-0.05, 0) is 5.92 Å². The SMILES string of the molecule is CCC(C)C(NC(=O)C(CC(N)=O)NC(=O)C(N)CC(N)=O)C(=O)NC(CO)C(=O)O. The van der Waals surface area contributed by atoms with E-state index < -0.39 is 85.0 Å². The molecule has 0 aromatic carbocycles. The van der Waals surface area contributed by atoms with E-state index in [4.69, 9.17) is 27.4 Å². The Morgan fingerprint density at radius 3 is 1.77 bits per heavy atom. The highest BCUT2D eigenvalue weighted by molar-refractivity contribution is 5.97. The van der Waals surface area contributed by atoms with E-state index in [-0.39, 0.29) is 0 Å². The summed E-state index contributed by atoms with van der Waals surface area (Å²) in [6, 6.07) is -5.74. The monoisotopic (exact) mass is 446 g/mol. The summed E-state index contributed by atoms with van der Waals surface area (Å²) in [5.41, 5.74) is 15.6. The zero-order valence-corrected chi connectivity index (χ0v) is 17.3. The second-order valence-electron chi connectivity index (χ2n) is 6.96. The Morgan fingerprint density at radius 1 is 0.839 bits per heavy atom. The van der Waals surface area contributed by atoms with Crippen LogP contribution in [0, 0.1) is 5.92 Å². The summed E-state index contributed by atoms with van der Waals surface area (Å²) in [5, 5.41) is 24.7. The van der Waals surface area contributed by atoms with Gasteiger partial charge < -0.3 is 43.4 Å². The van der Waals surface area contributed by atoms with E-state index in [1.807, 2.05) is 0 Å². The van der Waals surface area contributed by atoms with E-state index in [9.17, 15) is 28.8 Å². The molecule has 0 saturated heterocycles. The number of hydrogen-bond donors (Lipinski definition) is 8. The second kappa shape index (κ2) is 13.1. The number of nitrogens with one attached hydrogen (secondary N) is 3. The maximum atomic E-state index is 12.7. The summed E-state index contributed by atoms with van der Waals surface area (Å²) in [5.74, 6) is -6.57. The van der Waals surface area contributed by atoms with Crippen molar-refractivity contribution in [2.45, 2.75) is 57.3 Å². The second-order valence-corrected chi connectivity index (χ2v) is 6.96. The first-order valence-corrected chi connectivity index (χ1v) is 9.40. The smallest absolute Gasteiger partial charge is 0.328 e. The molecule has 0 heterocycles. The van der Waals surface area contributed by atoms with Crippen LogP contribution < -0.4 is 33.2 Å². The fourth-order valence-electron chi connectivity index (χ4n) is 2.40. The maximum absolute atomic E-state index is 12.7. The molecule has 0 aromatic rings. The summed E-state index contributed by atoms with van der Waals surface area (Å²) < 4.78 is 0. The van der Waals surface area contributed by atoms with Crippen LogP contribution in [0.4, 0.5) is 0 Å². The van der Waals surface area contributed by atoms with E-state index in [0.717, 1.165) is 0 Å². The highest BCUT2D eigenvalue weighted by Gasteiger charge is 2.33. The van der Waals surface area contributed by atoms with Crippen LogP contribution in [0.3, 0.4) is 0 Å². The molecule has 176 valence electrons. The lowest BCUT2D eigenvalue weighted by Gasteiger charge is -2.27. The molecule has 0 aliphatic carbocycles.